The van der Waals surface area contributed by atoms with Gasteiger partial charge in [0.15, 0.2) is 0 Å². The van der Waals surface area contributed by atoms with Gasteiger partial charge >= 0.3 is 6.03 Å². The average Bonchev–Trinajstić information content (AvgIpc) is 2.46. The van der Waals surface area contributed by atoms with Crippen LogP contribution in [0.3, 0.4) is 0 Å². The van der Waals surface area contributed by atoms with E-state index in [-0.39, 0.29) is 0 Å². The third kappa shape index (κ3) is 17.3. The molecule has 0 atom stereocenters. The lowest BCUT2D eigenvalue weighted by Gasteiger charge is -2.32. The van der Waals surface area contributed by atoms with E-state index >= 15 is 0 Å². The van der Waals surface area contributed by atoms with E-state index in [1.165, 1.54) is 38.5 Å². The van der Waals surface area contributed by atoms with Crippen LogP contribution in [0.1, 0.15) is 79.1 Å². The molecule has 23 heavy (non-hydrogen) atoms. The Morgan fingerprint density at radius 2 is 1.09 bits per heavy atom. The molecule has 0 saturated heterocycles. The smallest absolute Gasteiger partial charge is 0.309 e. The maximum Gasteiger partial charge on any atom is 0.309 e. The molecule has 0 aliphatic heterocycles. The number of ether oxygens (including phenoxy) is 3. The molecule has 140 valence electrons. The molecule has 0 bridgehead atoms. The van der Waals surface area contributed by atoms with Crippen LogP contribution in [-0.4, -0.2) is 31.8 Å². The molecule has 0 radical (unpaired) electrons. The van der Waals surface area contributed by atoms with E-state index < -0.39 is 12.0 Å². The molecule has 0 aliphatic rings. The molecule has 2 amide bonds. The molecule has 0 unspecified atom stereocenters. The van der Waals surface area contributed by atoms with E-state index in [9.17, 15) is 0 Å². The summed E-state index contributed by atoms with van der Waals surface area (Å²) in [6.45, 7) is 10.1. The normalized spacial score (nSPS) is 11.0. The van der Waals surface area contributed by atoms with Crippen LogP contribution in [0.5, 0.6) is 0 Å². The number of carbonyl (C=O) groups excluding carboxylic acids is 1. The summed E-state index contributed by atoms with van der Waals surface area (Å²) in [6.07, 6.45) is 9.85. The van der Waals surface area contributed by atoms with Gasteiger partial charge in [0, 0.05) is 26.2 Å². The highest BCUT2D eigenvalue weighted by Crippen LogP contribution is 2.24. The summed E-state index contributed by atoms with van der Waals surface area (Å²) in [4.78, 5) is 9.00. The topological polar surface area (TPSA) is 96.8 Å². The summed E-state index contributed by atoms with van der Waals surface area (Å²) in [5.41, 5.74) is 8.50. The van der Waals surface area contributed by atoms with Gasteiger partial charge in [-0.3, -0.25) is 0 Å². The number of carbonyl (C=O) groups is 1. The summed E-state index contributed by atoms with van der Waals surface area (Å²) >= 11 is 0. The van der Waals surface area contributed by atoms with Crippen molar-refractivity contribution in [3.05, 3.63) is 0 Å². The number of hydrogen-bond acceptors (Lipinski definition) is 4. The van der Waals surface area contributed by atoms with Gasteiger partial charge in [0.2, 0.25) is 0 Å². The van der Waals surface area contributed by atoms with Crippen LogP contribution in [0, 0.1) is 0 Å². The molecule has 6 heteroatoms. The van der Waals surface area contributed by atoms with Gasteiger partial charge in [-0.2, -0.15) is 0 Å². The second-order valence-electron chi connectivity index (χ2n) is 5.26. The molecule has 0 aromatic heterocycles. The van der Waals surface area contributed by atoms with Gasteiger partial charge in [0.05, 0.1) is 0 Å². The Bertz CT molecular complexity index is 242. The third-order valence-electron chi connectivity index (χ3n) is 3.18. The van der Waals surface area contributed by atoms with Crippen molar-refractivity contribution >= 4 is 6.03 Å². The Morgan fingerprint density at radius 3 is 1.43 bits per heavy atom. The number of amides is 2. The van der Waals surface area contributed by atoms with Gasteiger partial charge in [0.1, 0.15) is 0 Å². The second-order valence-corrected chi connectivity index (χ2v) is 5.26. The molecule has 0 rings (SSSR count). The van der Waals surface area contributed by atoms with E-state index in [1.807, 2.05) is 20.8 Å². The third-order valence-corrected chi connectivity index (χ3v) is 3.18. The first-order chi connectivity index (χ1) is 11.0. The van der Waals surface area contributed by atoms with Crippen molar-refractivity contribution in [1.82, 2.24) is 0 Å². The number of rotatable bonds is 14. The first-order valence-corrected chi connectivity index (χ1v) is 8.94. The quantitative estimate of drug-likeness (QED) is 0.372. The lowest BCUT2D eigenvalue weighted by atomic mass is 10.1. The molecular weight excluding hydrogens is 296 g/mol. The molecule has 0 spiro atoms. The maximum atomic E-state index is 9.00. The number of hydrogen-bond donors (Lipinski definition) is 2. The van der Waals surface area contributed by atoms with E-state index in [2.05, 4.69) is 18.4 Å². The zero-order valence-corrected chi connectivity index (χ0v) is 15.6. The van der Waals surface area contributed by atoms with Gasteiger partial charge in [-0.05, 0) is 27.2 Å². The highest BCUT2D eigenvalue weighted by Gasteiger charge is 2.31. The number of urea groups is 1. The van der Waals surface area contributed by atoms with E-state index in [1.54, 1.807) is 0 Å². The van der Waals surface area contributed by atoms with Crippen molar-refractivity contribution in [2.75, 3.05) is 19.8 Å². The second kappa shape index (κ2) is 17.5. The van der Waals surface area contributed by atoms with Gasteiger partial charge in [0.25, 0.3) is 5.97 Å². The van der Waals surface area contributed by atoms with Crippen molar-refractivity contribution in [3.8, 4) is 0 Å². The summed E-state index contributed by atoms with van der Waals surface area (Å²) in [7, 11) is 0. The predicted molar refractivity (Wildman–Crippen MR) is 94.0 cm³/mol. The number of unbranched alkanes of at least 4 members (excludes halogenated alkanes) is 6. The molecule has 0 aromatic rings. The molecule has 0 aromatic carbocycles. The summed E-state index contributed by atoms with van der Waals surface area (Å²) in [5.74, 6) is -0.804. The lowest BCUT2D eigenvalue weighted by Crippen LogP contribution is -2.39. The first-order valence-electron chi connectivity index (χ1n) is 8.94. The summed E-state index contributed by atoms with van der Waals surface area (Å²) in [5, 5.41) is 0. The SMILES string of the molecule is CCCCCCCCCC(OCC)(OCC)OCC.NC(N)=O. The van der Waals surface area contributed by atoms with Crippen LogP contribution in [0.25, 0.3) is 0 Å². The molecule has 4 N–H and O–H groups in total. The Morgan fingerprint density at radius 1 is 0.739 bits per heavy atom. The van der Waals surface area contributed by atoms with Crippen molar-refractivity contribution in [3.63, 3.8) is 0 Å². The number of nitrogens with two attached hydrogens (primary N) is 2. The fraction of sp³-hybridized carbons (Fsp3) is 0.941. The zero-order valence-electron chi connectivity index (χ0n) is 15.6. The van der Waals surface area contributed by atoms with Crippen LogP contribution in [0.15, 0.2) is 0 Å². The van der Waals surface area contributed by atoms with Crippen LogP contribution >= 0.6 is 0 Å². The molecule has 0 fully saturated rings. The highest BCUT2D eigenvalue weighted by atomic mass is 16.9. The number of primary amides is 2. The molecule has 0 aliphatic carbocycles. The van der Waals surface area contributed by atoms with Gasteiger partial charge < -0.3 is 25.7 Å². The summed E-state index contributed by atoms with van der Waals surface area (Å²) in [6, 6.07) is -0.833. The maximum absolute atomic E-state index is 9.00. The zero-order chi connectivity index (χ0) is 18.0. The van der Waals surface area contributed by atoms with Crippen LogP contribution in [0.4, 0.5) is 4.79 Å². The average molecular weight is 335 g/mol. The van der Waals surface area contributed by atoms with Crippen molar-refractivity contribution in [2.45, 2.75) is 85.0 Å². The summed E-state index contributed by atoms with van der Waals surface area (Å²) < 4.78 is 17.1. The molecule has 0 saturated carbocycles. The Labute approximate surface area is 142 Å². The van der Waals surface area contributed by atoms with E-state index in [0.29, 0.717) is 19.8 Å². The first kappa shape index (κ1) is 24.4. The molecule has 0 heterocycles. The van der Waals surface area contributed by atoms with Crippen molar-refractivity contribution in [1.29, 1.82) is 0 Å². The van der Waals surface area contributed by atoms with Gasteiger partial charge in [-0.1, -0.05) is 45.4 Å². The predicted octanol–water partition coefficient (Wildman–Crippen LogP) is 3.91. The van der Waals surface area contributed by atoms with Crippen LogP contribution in [0.2, 0.25) is 0 Å². The minimum absolute atomic E-state index is 0.622. The largest absolute Gasteiger partial charge is 0.352 e. The lowest BCUT2D eigenvalue weighted by molar-refractivity contribution is -0.380. The van der Waals surface area contributed by atoms with Crippen LogP contribution < -0.4 is 11.5 Å². The Balaban J connectivity index is 0. The van der Waals surface area contributed by atoms with Crippen molar-refractivity contribution < 1.29 is 19.0 Å². The highest BCUT2D eigenvalue weighted by molar-refractivity contribution is 5.69. The Hall–Kier alpha value is -0.850. The standard InChI is InChI=1S/C16H34O3.CH4N2O/c1-5-9-10-11-12-13-14-15-16(17-6-2,18-7-3)19-8-4;2-1(3)4/h5-15H2,1-4H3;(H4,2,3,4). The minimum atomic E-state index is -0.833. The molecule has 6 nitrogen and oxygen atoms in total. The monoisotopic (exact) mass is 334 g/mol. The Kier molecular flexibility index (Phi) is 18.6. The van der Waals surface area contributed by atoms with Crippen LogP contribution in [-0.2, 0) is 14.2 Å². The van der Waals surface area contributed by atoms with E-state index in [0.717, 1.165) is 12.8 Å². The minimum Gasteiger partial charge on any atom is -0.352 e. The fourth-order valence-corrected chi connectivity index (χ4v) is 2.30. The van der Waals surface area contributed by atoms with E-state index in [4.69, 9.17) is 19.0 Å². The van der Waals surface area contributed by atoms with Crippen molar-refractivity contribution in [2.24, 2.45) is 11.5 Å². The van der Waals surface area contributed by atoms with Gasteiger partial charge in [-0.15, -0.1) is 0 Å². The molecular formula is C17H38N2O4. The fourth-order valence-electron chi connectivity index (χ4n) is 2.30. The van der Waals surface area contributed by atoms with Gasteiger partial charge in [-0.25, -0.2) is 4.79 Å².